The van der Waals surface area contributed by atoms with E-state index in [2.05, 4.69) is 155 Å². The molecule has 0 saturated carbocycles. The van der Waals surface area contributed by atoms with Crippen molar-refractivity contribution in [1.29, 1.82) is 0 Å². The van der Waals surface area contributed by atoms with Gasteiger partial charge in [0.15, 0.2) is 0 Å². The summed E-state index contributed by atoms with van der Waals surface area (Å²) < 4.78 is 6.08. The number of nitrogens with one attached hydrogen (secondary N) is 1. The average Bonchev–Trinajstić information content (AvgIpc) is 3.54. The number of anilines is 2. The molecule has 0 atom stereocenters. The van der Waals surface area contributed by atoms with E-state index >= 15 is 0 Å². The van der Waals surface area contributed by atoms with Gasteiger partial charge in [-0.1, -0.05) is 126 Å². The van der Waals surface area contributed by atoms with Crippen molar-refractivity contribution >= 4 is 22.7 Å². The minimum Gasteiger partial charge on any atom is -0.493 e. The average molecular weight is 718 g/mol. The lowest BCUT2D eigenvalue weighted by Crippen LogP contribution is -2.19. The first kappa shape index (κ1) is 36.7. The first-order chi connectivity index (χ1) is 25.9. The molecule has 7 rings (SSSR count). The Balaban J connectivity index is 1.01. The quantitative estimate of drug-likeness (QED) is 0.108. The van der Waals surface area contributed by atoms with Crippen molar-refractivity contribution in [1.82, 2.24) is 0 Å². The zero-order valence-electron chi connectivity index (χ0n) is 32.4. The number of hydrogen-bond donors (Lipinski definition) is 1. The highest BCUT2D eigenvalue weighted by Gasteiger charge is 2.24. The molecule has 0 bridgehead atoms. The van der Waals surface area contributed by atoms with E-state index in [0.29, 0.717) is 6.61 Å². The van der Waals surface area contributed by atoms with Crippen molar-refractivity contribution in [2.45, 2.75) is 97.8 Å². The second kappa shape index (κ2) is 16.6. The van der Waals surface area contributed by atoms with Crippen LogP contribution >= 0.6 is 11.3 Å². The molecule has 1 aliphatic carbocycles. The molecule has 0 unspecified atom stereocenters. The van der Waals surface area contributed by atoms with Gasteiger partial charge in [-0.05, 0) is 136 Å². The summed E-state index contributed by atoms with van der Waals surface area (Å²) in [5.74, 6) is 0.919. The van der Waals surface area contributed by atoms with Gasteiger partial charge >= 0.3 is 0 Å². The molecule has 0 radical (unpaired) electrons. The third kappa shape index (κ3) is 8.16. The van der Waals surface area contributed by atoms with Crippen molar-refractivity contribution in [3.63, 3.8) is 0 Å². The van der Waals surface area contributed by atoms with Gasteiger partial charge in [0.1, 0.15) is 5.75 Å². The molecule has 2 nitrogen and oxygen atoms in total. The van der Waals surface area contributed by atoms with E-state index in [-0.39, 0.29) is 5.41 Å². The molecular weight excluding hydrogens is 663 g/mol. The molecule has 1 N–H and O–H groups in total. The smallest absolute Gasteiger partial charge is 0.119 e. The molecule has 0 fully saturated rings. The van der Waals surface area contributed by atoms with Crippen LogP contribution in [-0.2, 0) is 37.5 Å². The van der Waals surface area contributed by atoms with Crippen LogP contribution in [0.5, 0.6) is 5.75 Å². The van der Waals surface area contributed by atoms with E-state index in [1.165, 1.54) is 67.1 Å². The maximum Gasteiger partial charge on any atom is 0.119 e. The van der Waals surface area contributed by atoms with Gasteiger partial charge in [-0.25, -0.2) is 0 Å². The Labute approximate surface area is 322 Å². The number of fused-ring (bicyclic) bond motifs is 1. The van der Waals surface area contributed by atoms with Gasteiger partial charge in [0.2, 0.25) is 0 Å². The van der Waals surface area contributed by atoms with Crippen LogP contribution in [0.25, 0.3) is 32.0 Å². The number of rotatable bonds is 16. The summed E-state index contributed by atoms with van der Waals surface area (Å²) in [6.07, 6.45) is 10.2. The minimum absolute atomic E-state index is 0.238. The van der Waals surface area contributed by atoms with Crippen LogP contribution in [0, 0.1) is 0 Å². The van der Waals surface area contributed by atoms with Gasteiger partial charge < -0.3 is 10.1 Å². The van der Waals surface area contributed by atoms with Crippen LogP contribution in [0.3, 0.4) is 0 Å². The van der Waals surface area contributed by atoms with Crippen LogP contribution in [0.4, 0.5) is 11.4 Å². The van der Waals surface area contributed by atoms with Gasteiger partial charge in [-0.2, -0.15) is 0 Å². The normalized spacial score (nSPS) is 12.3. The van der Waals surface area contributed by atoms with Crippen molar-refractivity contribution in [3.8, 4) is 37.8 Å². The van der Waals surface area contributed by atoms with Crippen LogP contribution < -0.4 is 10.1 Å². The van der Waals surface area contributed by atoms with Crippen LogP contribution in [0.1, 0.15) is 93.7 Å². The molecular formula is C50H55NOS. The van der Waals surface area contributed by atoms with E-state index in [9.17, 15) is 0 Å². The van der Waals surface area contributed by atoms with Crippen molar-refractivity contribution < 1.29 is 4.74 Å². The van der Waals surface area contributed by atoms with Crippen molar-refractivity contribution in [2.75, 3.05) is 11.9 Å². The van der Waals surface area contributed by atoms with Gasteiger partial charge in [0.25, 0.3) is 0 Å². The molecule has 1 aromatic heterocycles. The lowest BCUT2D eigenvalue weighted by Gasteiger charge is -2.27. The number of hydrogen-bond acceptors (Lipinski definition) is 3. The molecule has 1 heterocycles. The standard InChI is InChI=1S/C50H55NOS/c1-6-10-46-47(11-7-2)49(53-48(46)39-16-24-42(25-17-39)50(5,8-3)9-4)40-20-28-44(29-21-40)51-43-26-18-36(19-27-43)37-22-30-45(31-23-37)52-33-32-35-12-13-38-14-15-41(38)34-35/h12-13,16-31,34,51H,6-11,14-15,32-33H2,1-5H3. The molecule has 0 saturated heterocycles. The molecule has 0 aliphatic heterocycles. The second-order valence-electron chi connectivity index (χ2n) is 15.1. The minimum atomic E-state index is 0.238. The summed E-state index contributed by atoms with van der Waals surface area (Å²) in [5, 5.41) is 3.63. The summed E-state index contributed by atoms with van der Waals surface area (Å²) >= 11 is 1.98. The Morgan fingerprint density at radius 3 is 1.57 bits per heavy atom. The SMILES string of the molecule is CCCc1c(-c2ccc(Nc3ccc(-c4ccc(OCCc5ccc6c(c5)CC6)cc4)cc3)cc2)sc(-c2ccc(C(C)(CC)CC)cc2)c1CCC. The summed E-state index contributed by atoms with van der Waals surface area (Å²) in [4.78, 5) is 2.88. The van der Waals surface area contributed by atoms with Gasteiger partial charge in [-0.3, -0.25) is 0 Å². The maximum atomic E-state index is 6.08. The predicted octanol–water partition coefficient (Wildman–Crippen LogP) is 14.2. The maximum absolute atomic E-state index is 6.08. The zero-order chi connectivity index (χ0) is 36.8. The molecule has 0 spiro atoms. The van der Waals surface area contributed by atoms with Crippen LogP contribution in [-0.4, -0.2) is 6.61 Å². The fourth-order valence-electron chi connectivity index (χ4n) is 7.73. The van der Waals surface area contributed by atoms with Crippen LogP contribution in [0.15, 0.2) is 115 Å². The summed E-state index contributed by atoms with van der Waals surface area (Å²) in [5.41, 5.74) is 16.4. The highest BCUT2D eigenvalue weighted by Crippen LogP contribution is 2.44. The number of benzene rings is 5. The Bertz CT molecular complexity index is 2100. The molecule has 272 valence electrons. The van der Waals surface area contributed by atoms with Gasteiger partial charge in [-0.15, -0.1) is 11.3 Å². The van der Waals surface area contributed by atoms with E-state index in [0.717, 1.165) is 62.1 Å². The Morgan fingerprint density at radius 2 is 1.08 bits per heavy atom. The lowest BCUT2D eigenvalue weighted by atomic mass is 9.77. The largest absolute Gasteiger partial charge is 0.493 e. The monoisotopic (exact) mass is 717 g/mol. The fourth-order valence-corrected chi connectivity index (χ4v) is 9.14. The molecule has 3 heteroatoms. The predicted molar refractivity (Wildman–Crippen MR) is 229 cm³/mol. The first-order valence-corrected chi connectivity index (χ1v) is 20.8. The molecule has 1 aliphatic rings. The highest BCUT2D eigenvalue weighted by molar-refractivity contribution is 7.19. The number of aryl methyl sites for hydroxylation is 2. The molecule has 5 aromatic carbocycles. The summed E-state index contributed by atoms with van der Waals surface area (Å²) in [6, 6.07) is 42.6. The fraction of sp³-hybridized carbons (Fsp3) is 0.320. The molecule has 0 amide bonds. The Morgan fingerprint density at radius 1 is 0.566 bits per heavy atom. The van der Waals surface area contributed by atoms with E-state index in [4.69, 9.17) is 4.74 Å². The summed E-state index contributed by atoms with van der Waals surface area (Å²) in [6.45, 7) is 12.3. The zero-order valence-corrected chi connectivity index (χ0v) is 33.2. The van der Waals surface area contributed by atoms with Gasteiger partial charge in [0, 0.05) is 27.5 Å². The van der Waals surface area contributed by atoms with Crippen molar-refractivity contribution in [3.05, 3.63) is 149 Å². The topological polar surface area (TPSA) is 21.3 Å². The third-order valence-corrected chi connectivity index (χ3v) is 13.0. The highest BCUT2D eigenvalue weighted by atomic mass is 32.1. The van der Waals surface area contributed by atoms with E-state index in [1.807, 2.05) is 11.3 Å². The number of thiophene rings is 1. The van der Waals surface area contributed by atoms with E-state index in [1.54, 1.807) is 11.1 Å². The Kier molecular flexibility index (Phi) is 11.5. The van der Waals surface area contributed by atoms with Gasteiger partial charge in [0.05, 0.1) is 6.61 Å². The first-order valence-electron chi connectivity index (χ1n) is 20.0. The Hall–Kier alpha value is -4.60. The summed E-state index contributed by atoms with van der Waals surface area (Å²) in [7, 11) is 0. The molecule has 6 aromatic rings. The third-order valence-electron chi connectivity index (χ3n) is 11.6. The van der Waals surface area contributed by atoms with Crippen molar-refractivity contribution in [2.24, 2.45) is 0 Å². The number of ether oxygens (including phenoxy) is 1. The lowest BCUT2D eigenvalue weighted by molar-refractivity contribution is 0.322. The van der Waals surface area contributed by atoms with E-state index < -0.39 is 0 Å². The second-order valence-corrected chi connectivity index (χ2v) is 16.1. The van der Waals surface area contributed by atoms with Crippen LogP contribution in [0.2, 0.25) is 0 Å². The molecule has 53 heavy (non-hydrogen) atoms.